The molecule has 0 bridgehead atoms. The molecular formula is C38H24. The number of hydrogen-bond acceptors (Lipinski definition) is 0. The van der Waals surface area contributed by atoms with E-state index in [1.165, 1.54) is 76.8 Å². The van der Waals surface area contributed by atoms with Crippen LogP contribution in [-0.2, 0) is 11.8 Å². The van der Waals surface area contributed by atoms with Crippen LogP contribution in [0, 0.1) is 0 Å². The molecule has 7 aromatic carbocycles. The first kappa shape index (κ1) is 20.4. The average molecular weight is 481 g/mol. The molecule has 0 saturated heterocycles. The van der Waals surface area contributed by atoms with Crippen LogP contribution in [-0.4, -0.2) is 0 Å². The van der Waals surface area contributed by atoms with Gasteiger partial charge in [-0.15, -0.1) is 0 Å². The van der Waals surface area contributed by atoms with Crippen LogP contribution < -0.4 is 0 Å². The molecule has 0 atom stereocenters. The third-order valence-corrected chi connectivity index (χ3v) is 9.08. The molecule has 0 nitrogen and oxygen atoms in total. The van der Waals surface area contributed by atoms with Crippen LogP contribution in [0.3, 0.4) is 0 Å². The fourth-order valence-corrected chi connectivity index (χ4v) is 7.61. The molecule has 0 amide bonds. The Kier molecular flexibility index (Phi) is 3.87. The summed E-state index contributed by atoms with van der Waals surface area (Å²) >= 11 is 0. The zero-order valence-electron chi connectivity index (χ0n) is 20.9. The van der Waals surface area contributed by atoms with E-state index in [0.717, 1.165) is 6.42 Å². The van der Waals surface area contributed by atoms with Crippen molar-refractivity contribution in [2.45, 2.75) is 11.8 Å². The smallest absolute Gasteiger partial charge is 0.0619 e. The molecular weight excluding hydrogens is 456 g/mol. The summed E-state index contributed by atoms with van der Waals surface area (Å²) in [6, 6.07) is 50.1. The highest BCUT2D eigenvalue weighted by Gasteiger charge is 2.50. The highest BCUT2D eigenvalue weighted by molar-refractivity contribution is 6.17. The Balaban J connectivity index is 1.35. The normalized spacial score (nSPS) is 14.1. The second-order valence-corrected chi connectivity index (χ2v) is 10.9. The fourth-order valence-electron chi connectivity index (χ4n) is 7.61. The Morgan fingerprint density at radius 1 is 0.421 bits per heavy atom. The lowest BCUT2D eigenvalue weighted by atomic mass is 9.70. The quantitative estimate of drug-likeness (QED) is 0.216. The van der Waals surface area contributed by atoms with Gasteiger partial charge < -0.3 is 0 Å². The minimum atomic E-state index is -0.288. The minimum Gasteiger partial charge on any atom is -0.0619 e. The van der Waals surface area contributed by atoms with Gasteiger partial charge in [0.1, 0.15) is 0 Å². The van der Waals surface area contributed by atoms with E-state index in [2.05, 4.69) is 133 Å². The summed E-state index contributed by atoms with van der Waals surface area (Å²) in [5.74, 6) is 0. The van der Waals surface area contributed by atoms with Gasteiger partial charge >= 0.3 is 0 Å². The van der Waals surface area contributed by atoms with Gasteiger partial charge in [0.2, 0.25) is 0 Å². The SMILES string of the molecule is c1ccc2c(c1)-c1ccc(Cc3cccc4ccccc34)cc1C21c2cccc3ccc4cccc1c4c23. The Morgan fingerprint density at radius 2 is 1.03 bits per heavy atom. The molecule has 7 aromatic rings. The molecule has 0 saturated carbocycles. The lowest BCUT2D eigenvalue weighted by Gasteiger charge is -2.31. The first-order valence-corrected chi connectivity index (χ1v) is 13.5. The third kappa shape index (κ3) is 2.41. The predicted octanol–water partition coefficient (Wildman–Crippen LogP) is 9.41. The van der Waals surface area contributed by atoms with Crippen molar-refractivity contribution in [1.82, 2.24) is 0 Å². The molecule has 2 aliphatic carbocycles. The molecule has 2 aliphatic rings. The van der Waals surface area contributed by atoms with Crippen LogP contribution in [0.5, 0.6) is 0 Å². The average Bonchev–Trinajstić information content (AvgIpc) is 3.44. The van der Waals surface area contributed by atoms with E-state index in [1.807, 2.05) is 0 Å². The van der Waals surface area contributed by atoms with Crippen molar-refractivity contribution in [3.63, 3.8) is 0 Å². The lowest BCUT2D eigenvalue weighted by molar-refractivity contribution is 0.795. The zero-order valence-corrected chi connectivity index (χ0v) is 20.9. The van der Waals surface area contributed by atoms with Gasteiger partial charge in [-0.1, -0.05) is 133 Å². The minimum absolute atomic E-state index is 0.288. The van der Waals surface area contributed by atoms with Crippen molar-refractivity contribution in [2.75, 3.05) is 0 Å². The highest BCUT2D eigenvalue weighted by atomic mass is 14.5. The number of fused-ring (bicyclic) bond motifs is 8. The van der Waals surface area contributed by atoms with Gasteiger partial charge in [0, 0.05) is 0 Å². The Labute approximate surface area is 221 Å². The molecule has 9 rings (SSSR count). The van der Waals surface area contributed by atoms with Gasteiger partial charge in [0.25, 0.3) is 0 Å². The fraction of sp³-hybridized carbons (Fsp3) is 0.0526. The molecule has 176 valence electrons. The van der Waals surface area contributed by atoms with Gasteiger partial charge in [0.05, 0.1) is 5.41 Å². The summed E-state index contributed by atoms with van der Waals surface area (Å²) in [5.41, 5.74) is 10.9. The van der Waals surface area contributed by atoms with Crippen LogP contribution in [0.1, 0.15) is 33.4 Å². The number of hydrogen-bond donors (Lipinski definition) is 0. The summed E-state index contributed by atoms with van der Waals surface area (Å²) in [6.45, 7) is 0. The second-order valence-electron chi connectivity index (χ2n) is 10.9. The van der Waals surface area contributed by atoms with Gasteiger partial charge in [-0.3, -0.25) is 0 Å². The maximum atomic E-state index is 2.51. The van der Waals surface area contributed by atoms with Crippen LogP contribution in [0.2, 0.25) is 0 Å². The van der Waals surface area contributed by atoms with E-state index < -0.39 is 0 Å². The van der Waals surface area contributed by atoms with Gasteiger partial charge in [0.15, 0.2) is 0 Å². The van der Waals surface area contributed by atoms with E-state index in [4.69, 9.17) is 0 Å². The van der Waals surface area contributed by atoms with Gasteiger partial charge in [-0.05, 0) is 83.2 Å². The third-order valence-electron chi connectivity index (χ3n) is 9.08. The molecule has 0 heteroatoms. The maximum absolute atomic E-state index is 2.51. The molecule has 0 heterocycles. The predicted molar refractivity (Wildman–Crippen MR) is 159 cm³/mol. The van der Waals surface area contributed by atoms with Crippen LogP contribution in [0.15, 0.2) is 133 Å². The molecule has 38 heavy (non-hydrogen) atoms. The van der Waals surface area contributed by atoms with Crippen LogP contribution >= 0.6 is 0 Å². The maximum Gasteiger partial charge on any atom is 0.0726 e. The summed E-state index contributed by atoms with van der Waals surface area (Å²) in [6.07, 6.45) is 0.919. The largest absolute Gasteiger partial charge is 0.0726 e. The molecule has 1 spiro atoms. The summed E-state index contributed by atoms with van der Waals surface area (Å²) in [7, 11) is 0. The van der Waals surface area contributed by atoms with E-state index in [-0.39, 0.29) is 5.41 Å². The van der Waals surface area contributed by atoms with Crippen LogP contribution in [0.4, 0.5) is 0 Å². The van der Waals surface area contributed by atoms with Crippen LogP contribution in [0.25, 0.3) is 43.4 Å². The van der Waals surface area contributed by atoms with E-state index in [0.29, 0.717) is 0 Å². The van der Waals surface area contributed by atoms with E-state index in [9.17, 15) is 0 Å². The first-order valence-electron chi connectivity index (χ1n) is 13.5. The lowest BCUT2D eigenvalue weighted by Crippen LogP contribution is -2.26. The monoisotopic (exact) mass is 480 g/mol. The second kappa shape index (κ2) is 7.21. The standard InChI is InChI=1S/C38H24/c1-2-13-29-25(8-1)9-5-12-28(29)22-24-18-21-31-30-14-3-4-15-32(30)38(35(31)23-24)33-16-6-10-26-19-20-27-11-7-17-34(38)37(27)36(26)33/h1-21,23H,22H2. The van der Waals surface area contributed by atoms with Crippen molar-refractivity contribution < 1.29 is 0 Å². The molecule has 0 radical (unpaired) electrons. The van der Waals surface area contributed by atoms with Crippen molar-refractivity contribution in [1.29, 1.82) is 0 Å². The van der Waals surface area contributed by atoms with Gasteiger partial charge in [-0.2, -0.15) is 0 Å². The van der Waals surface area contributed by atoms with E-state index >= 15 is 0 Å². The zero-order chi connectivity index (χ0) is 24.8. The number of rotatable bonds is 2. The first-order chi connectivity index (χ1) is 18.8. The Morgan fingerprint density at radius 3 is 1.84 bits per heavy atom. The molecule has 0 unspecified atom stereocenters. The molecule has 0 N–H and O–H groups in total. The highest BCUT2D eigenvalue weighted by Crippen LogP contribution is 2.62. The summed E-state index contributed by atoms with van der Waals surface area (Å²) in [4.78, 5) is 0. The van der Waals surface area contributed by atoms with E-state index in [1.54, 1.807) is 0 Å². The van der Waals surface area contributed by atoms with Gasteiger partial charge in [-0.25, -0.2) is 0 Å². The Hall–Kier alpha value is -4.68. The summed E-state index contributed by atoms with van der Waals surface area (Å²) < 4.78 is 0. The molecule has 0 fully saturated rings. The number of benzene rings is 7. The molecule has 0 aliphatic heterocycles. The van der Waals surface area contributed by atoms with Crippen molar-refractivity contribution in [2.24, 2.45) is 0 Å². The summed E-state index contributed by atoms with van der Waals surface area (Å²) in [5, 5.41) is 8.15. The topological polar surface area (TPSA) is 0 Å². The Bertz CT molecular complexity index is 2040. The molecule has 0 aromatic heterocycles. The van der Waals surface area contributed by atoms with Crippen molar-refractivity contribution >= 4 is 32.3 Å². The van der Waals surface area contributed by atoms with Crippen molar-refractivity contribution in [3.05, 3.63) is 167 Å². The van der Waals surface area contributed by atoms with Crippen molar-refractivity contribution in [3.8, 4) is 11.1 Å².